The predicted octanol–water partition coefficient (Wildman–Crippen LogP) is 2.24. The molecule has 4 aliphatic rings. The van der Waals surface area contributed by atoms with Gasteiger partial charge in [0.1, 0.15) is 0 Å². The standard InChI is InChI=1S/C17H27NO3S/c19-17(14-5-7-22(20,21)11-14)18-6-1-2-16(18)10-15-9-12-3-4-13(15)8-12/h12-16H,1-11H2/t12-,13-,14+,15-,16+/m0/s1. The lowest BCUT2D eigenvalue weighted by Crippen LogP contribution is -2.41. The minimum absolute atomic E-state index is 0.0865. The van der Waals surface area contributed by atoms with Crippen LogP contribution in [-0.4, -0.2) is 43.3 Å². The Labute approximate surface area is 133 Å². The molecule has 4 rings (SSSR count). The molecule has 0 unspecified atom stereocenters. The van der Waals surface area contributed by atoms with Crippen molar-refractivity contribution in [2.75, 3.05) is 18.1 Å². The minimum Gasteiger partial charge on any atom is -0.339 e. The highest BCUT2D eigenvalue weighted by molar-refractivity contribution is 7.91. The third-order valence-corrected chi connectivity index (χ3v) is 8.47. The van der Waals surface area contributed by atoms with E-state index in [2.05, 4.69) is 4.90 Å². The number of nitrogens with zero attached hydrogens (tertiary/aromatic N) is 1. The van der Waals surface area contributed by atoms with Crippen LogP contribution in [0, 0.1) is 23.7 Å². The molecule has 0 radical (unpaired) electrons. The van der Waals surface area contributed by atoms with E-state index in [1.807, 2.05) is 0 Å². The third-order valence-electron chi connectivity index (χ3n) is 6.70. The molecule has 22 heavy (non-hydrogen) atoms. The van der Waals surface area contributed by atoms with E-state index in [1.165, 1.54) is 32.1 Å². The molecule has 2 saturated heterocycles. The van der Waals surface area contributed by atoms with Gasteiger partial charge in [0, 0.05) is 12.6 Å². The first-order valence-corrected chi connectivity index (χ1v) is 10.8. The number of carbonyl (C=O) groups excluding carboxylic acids is 1. The second kappa shape index (κ2) is 5.50. The van der Waals surface area contributed by atoms with Gasteiger partial charge in [0.05, 0.1) is 17.4 Å². The van der Waals surface area contributed by atoms with Gasteiger partial charge in [-0.05, 0) is 62.7 Å². The Kier molecular flexibility index (Phi) is 3.74. The van der Waals surface area contributed by atoms with E-state index in [0.717, 1.165) is 37.1 Å². The zero-order valence-electron chi connectivity index (χ0n) is 13.2. The van der Waals surface area contributed by atoms with Crippen LogP contribution >= 0.6 is 0 Å². The molecule has 2 heterocycles. The average Bonchev–Trinajstić information content (AvgIpc) is 3.21. The predicted molar refractivity (Wildman–Crippen MR) is 85.1 cm³/mol. The van der Waals surface area contributed by atoms with Crippen LogP contribution in [0.3, 0.4) is 0 Å². The number of hydrogen-bond donors (Lipinski definition) is 0. The number of likely N-dealkylation sites (tertiary alicyclic amines) is 1. The first-order valence-electron chi connectivity index (χ1n) is 9.03. The van der Waals surface area contributed by atoms with E-state index in [9.17, 15) is 13.2 Å². The summed E-state index contributed by atoms with van der Waals surface area (Å²) in [6.07, 6.45) is 9.55. The maximum atomic E-state index is 12.7. The first kappa shape index (κ1) is 15.0. The lowest BCUT2D eigenvalue weighted by molar-refractivity contribution is -0.135. The fourth-order valence-corrected chi connectivity index (χ4v) is 7.34. The van der Waals surface area contributed by atoms with E-state index in [0.29, 0.717) is 12.5 Å². The fourth-order valence-electron chi connectivity index (χ4n) is 5.61. The van der Waals surface area contributed by atoms with Gasteiger partial charge in [-0.1, -0.05) is 6.42 Å². The average molecular weight is 325 g/mol. The van der Waals surface area contributed by atoms with E-state index in [1.54, 1.807) is 0 Å². The highest BCUT2D eigenvalue weighted by Gasteiger charge is 2.43. The SMILES string of the molecule is O=C([C@@H]1CCS(=O)(=O)C1)N1CCC[C@@H]1C[C@@H]1C[C@H]2CC[C@H]1C2. The molecule has 0 aromatic carbocycles. The van der Waals surface area contributed by atoms with E-state index in [-0.39, 0.29) is 23.3 Å². The molecule has 0 aromatic rings. The molecule has 4 nitrogen and oxygen atoms in total. The van der Waals surface area contributed by atoms with Crippen molar-refractivity contribution >= 4 is 15.7 Å². The van der Waals surface area contributed by atoms with Crippen LogP contribution in [0.5, 0.6) is 0 Å². The van der Waals surface area contributed by atoms with Crippen LogP contribution in [0.4, 0.5) is 0 Å². The van der Waals surface area contributed by atoms with Crippen molar-refractivity contribution in [2.24, 2.45) is 23.7 Å². The molecule has 5 atom stereocenters. The highest BCUT2D eigenvalue weighted by Crippen LogP contribution is 2.50. The molecule has 124 valence electrons. The van der Waals surface area contributed by atoms with Crippen LogP contribution in [0.25, 0.3) is 0 Å². The van der Waals surface area contributed by atoms with Gasteiger partial charge in [-0.15, -0.1) is 0 Å². The smallest absolute Gasteiger partial charge is 0.226 e. The van der Waals surface area contributed by atoms with E-state index >= 15 is 0 Å². The molecule has 2 bridgehead atoms. The summed E-state index contributed by atoms with van der Waals surface area (Å²) >= 11 is 0. The van der Waals surface area contributed by atoms with Gasteiger partial charge >= 0.3 is 0 Å². The van der Waals surface area contributed by atoms with Gasteiger partial charge in [-0.25, -0.2) is 8.42 Å². The summed E-state index contributed by atoms with van der Waals surface area (Å²) in [5.41, 5.74) is 0. The Morgan fingerprint density at radius 1 is 1.09 bits per heavy atom. The monoisotopic (exact) mass is 325 g/mol. The second-order valence-electron chi connectivity index (χ2n) is 8.10. The van der Waals surface area contributed by atoms with Gasteiger partial charge in [0.15, 0.2) is 9.84 Å². The van der Waals surface area contributed by atoms with Crippen molar-refractivity contribution in [3.8, 4) is 0 Å². The molecule has 5 heteroatoms. The summed E-state index contributed by atoms with van der Waals surface area (Å²) in [6, 6.07) is 0.389. The van der Waals surface area contributed by atoms with Gasteiger partial charge in [-0.2, -0.15) is 0 Å². The molecular weight excluding hydrogens is 298 g/mol. The van der Waals surface area contributed by atoms with Crippen molar-refractivity contribution in [1.29, 1.82) is 0 Å². The second-order valence-corrected chi connectivity index (χ2v) is 10.3. The van der Waals surface area contributed by atoms with Crippen molar-refractivity contribution < 1.29 is 13.2 Å². The number of sulfone groups is 1. The molecule has 2 aliphatic heterocycles. The van der Waals surface area contributed by atoms with Crippen LogP contribution in [0.1, 0.15) is 51.4 Å². The zero-order valence-corrected chi connectivity index (χ0v) is 14.1. The normalized spacial score (nSPS) is 43.1. The summed E-state index contributed by atoms with van der Waals surface area (Å²) in [7, 11) is -2.96. The maximum absolute atomic E-state index is 12.7. The maximum Gasteiger partial charge on any atom is 0.226 e. The van der Waals surface area contributed by atoms with Crippen LogP contribution in [0.15, 0.2) is 0 Å². The fraction of sp³-hybridized carbons (Fsp3) is 0.941. The Bertz CT molecular complexity index is 558. The molecule has 4 fully saturated rings. The number of rotatable bonds is 3. The minimum atomic E-state index is -2.96. The first-order chi connectivity index (χ1) is 10.5. The Balaban J connectivity index is 1.39. The number of carbonyl (C=O) groups is 1. The largest absolute Gasteiger partial charge is 0.339 e. The van der Waals surface area contributed by atoms with Gasteiger partial charge in [0.25, 0.3) is 0 Å². The van der Waals surface area contributed by atoms with Crippen molar-refractivity contribution in [3.05, 3.63) is 0 Å². The molecule has 0 spiro atoms. The summed E-state index contributed by atoms with van der Waals surface area (Å²) < 4.78 is 23.3. The zero-order chi connectivity index (χ0) is 15.3. The van der Waals surface area contributed by atoms with Gasteiger partial charge in [-0.3, -0.25) is 4.79 Å². The quantitative estimate of drug-likeness (QED) is 0.799. The molecular formula is C17H27NO3S. The van der Waals surface area contributed by atoms with Gasteiger partial charge in [0.2, 0.25) is 5.91 Å². The van der Waals surface area contributed by atoms with Gasteiger partial charge < -0.3 is 4.90 Å². The number of hydrogen-bond acceptors (Lipinski definition) is 3. The molecule has 0 aromatic heterocycles. The molecule has 0 N–H and O–H groups in total. The summed E-state index contributed by atoms with van der Waals surface area (Å²) in [4.78, 5) is 14.8. The van der Waals surface area contributed by atoms with Crippen molar-refractivity contribution in [3.63, 3.8) is 0 Å². The topological polar surface area (TPSA) is 54.5 Å². The molecule has 2 saturated carbocycles. The van der Waals surface area contributed by atoms with Crippen LogP contribution < -0.4 is 0 Å². The summed E-state index contributed by atoms with van der Waals surface area (Å²) in [5.74, 6) is 2.86. The van der Waals surface area contributed by atoms with Crippen LogP contribution in [-0.2, 0) is 14.6 Å². The summed E-state index contributed by atoms with van der Waals surface area (Å²) in [5, 5.41) is 0. The van der Waals surface area contributed by atoms with E-state index in [4.69, 9.17) is 0 Å². The Morgan fingerprint density at radius 2 is 1.95 bits per heavy atom. The van der Waals surface area contributed by atoms with E-state index < -0.39 is 9.84 Å². The number of amides is 1. The Morgan fingerprint density at radius 3 is 2.59 bits per heavy atom. The number of fused-ring (bicyclic) bond motifs is 2. The van der Waals surface area contributed by atoms with Crippen molar-refractivity contribution in [1.82, 2.24) is 4.90 Å². The molecule has 2 aliphatic carbocycles. The molecule has 1 amide bonds. The third kappa shape index (κ3) is 2.70. The lowest BCUT2D eigenvalue weighted by Gasteiger charge is -2.31. The summed E-state index contributed by atoms with van der Waals surface area (Å²) in [6.45, 7) is 0.848. The Hall–Kier alpha value is -0.580. The lowest BCUT2D eigenvalue weighted by atomic mass is 9.83. The van der Waals surface area contributed by atoms with Crippen LogP contribution in [0.2, 0.25) is 0 Å². The van der Waals surface area contributed by atoms with Crippen molar-refractivity contribution in [2.45, 2.75) is 57.4 Å². The highest BCUT2D eigenvalue weighted by atomic mass is 32.2.